The Morgan fingerprint density at radius 1 is 1.06 bits per heavy atom. The van der Waals surface area contributed by atoms with E-state index in [1.165, 1.54) is 17.6 Å². The maximum absolute atomic E-state index is 13.6. The number of amides is 1. The van der Waals surface area contributed by atoms with E-state index in [1.807, 2.05) is 45.0 Å². The molecule has 1 N–H and O–H groups in total. The number of hydrogen-bond donors (Lipinski definition) is 1. The molecule has 6 heteroatoms. The van der Waals surface area contributed by atoms with Crippen LogP contribution < -0.4 is 10.9 Å². The third-order valence-corrected chi connectivity index (χ3v) is 6.41. The molecule has 36 heavy (non-hydrogen) atoms. The molecule has 0 aliphatic heterocycles. The highest BCUT2D eigenvalue weighted by Gasteiger charge is 2.27. The lowest BCUT2D eigenvalue weighted by Crippen LogP contribution is -2.40. The molecule has 3 aromatic rings. The van der Waals surface area contributed by atoms with Gasteiger partial charge in [0.2, 0.25) is 5.91 Å². The number of rotatable bonds is 10. The standard InChI is InChI=1S/C30H37N3O3/c1-7-26-25(24-11-9-8-10-21(24)5)17-23(18-31-26)27(16-22(6)34)32-30(36)28(14-19(2)3)33-13-12-20(4)15-29(33)35/h8-13,15,17-19,27-28H,7,14,16H2,1-6H3,(H,32,36)/t27-,28?/m0/s1. The molecule has 190 valence electrons. The van der Waals surface area contributed by atoms with Gasteiger partial charge in [-0.1, -0.05) is 45.0 Å². The van der Waals surface area contributed by atoms with Crippen molar-refractivity contribution in [3.05, 3.63) is 87.6 Å². The maximum Gasteiger partial charge on any atom is 0.251 e. The van der Waals surface area contributed by atoms with Crippen LogP contribution in [0.4, 0.5) is 0 Å². The summed E-state index contributed by atoms with van der Waals surface area (Å²) in [6.07, 6.45) is 4.84. The van der Waals surface area contributed by atoms with Gasteiger partial charge in [0.05, 0.1) is 6.04 Å². The van der Waals surface area contributed by atoms with Gasteiger partial charge in [-0.15, -0.1) is 0 Å². The minimum Gasteiger partial charge on any atom is -0.347 e. The normalized spacial score (nSPS) is 12.9. The number of carbonyl (C=O) groups is 2. The van der Waals surface area contributed by atoms with Crippen LogP contribution in [0, 0.1) is 19.8 Å². The summed E-state index contributed by atoms with van der Waals surface area (Å²) in [5.41, 5.74) is 5.59. The summed E-state index contributed by atoms with van der Waals surface area (Å²) in [4.78, 5) is 43.3. The number of nitrogens with zero attached hydrogens (tertiary/aromatic N) is 2. The highest BCUT2D eigenvalue weighted by Crippen LogP contribution is 2.30. The monoisotopic (exact) mass is 487 g/mol. The van der Waals surface area contributed by atoms with E-state index in [2.05, 4.69) is 31.3 Å². The van der Waals surface area contributed by atoms with Crippen LogP contribution in [0.25, 0.3) is 11.1 Å². The molecule has 0 aliphatic carbocycles. The van der Waals surface area contributed by atoms with Gasteiger partial charge in [0, 0.05) is 36.1 Å². The van der Waals surface area contributed by atoms with E-state index in [0.717, 1.165) is 39.9 Å². The lowest BCUT2D eigenvalue weighted by atomic mass is 9.93. The zero-order valence-corrected chi connectivity index (χ0v) is 22.2. The smallest absolute Gasteiger partial charge is 0.251 e. The fourth-order valence-electron chi connectivity index (χ4n) is 4.54. The molecule has 2 aromatic heterocycles. The van der Waals surface area contributed by atoms with Crippen LogP contribution in [0.3, 0.4) is 0 Å². The predicted molar refractivity (Wildman–Crippen MR) is 144 cm³/mol. The first-order valence-corrected chi connectivity index (χ1v) is 12.6. The van der Waals surface area contributed by atoms with Crippen LogP contribution in [-0.2, 0) is 16.0 Å². The molecule has 1 unspecified atom stereocenters. The molecule has 0 radical (unpaired) electrons. The van der Waals surface area contributed by atoms with Gasteiger partial charge in [-0.25, -0.2) is 0 Å². The minimum absolute atomic E-state index is 0.0368. The quantitative estimate of drug-likeness (QED) is 0.409. The van der Waals surface area contributed by atoms with Crippen molar-refractivity contribution < 1.29 is 9.59 Å². The number of nitrogens with one attached hydrogen (secondary N) is 1. The number of aromatic nitrogens is 2. The van der Waals surface area contributed by atoms with Gasteiger partial charge in [-0.3, -0.25) is 19.4 Å². The zero-order valence-electron chi connectivity index (χ0n) is 22.2. The third-order valence-electron chi connectivity index (χ3n) is 6.41. The fourth-order valence-corrected chi connectivity index (χ4v) is 4.54. The number of benzene rings is 1. The Bertz CT molecular complexity index is 1290. The van der Waals surface area contributed by atoms with Crippen molar-refractivity contribution in [2.75, 3.05) is 0 Å². The van der Waals surface area contributed by atoms with Crippen LogP contribution >= 0.6 is 0 Å². The maximum atomic E-state index is 13.6. The van der Waals surface area contributed by atoms with Crippen LogP contribution in [-0.4, -0.2) is 21.2 Å². The van der Waals surface area contributed by atoms with E-state index >= 15 is 0 Å². The second kappa shape index (κ2) is 11.9. The molecule has 0 bridgehead atoms. The molecule has 6 nitrogen and oxygen atoms in total. The molecule has 3 rings (SSSR count). The molecule has 0 aliphatic rings. The molecular formula is C30H37N3O3. The molecule has 1 aromatic carbocycles. The first kappa shape index (κ1) is 27.1. The van der Waals surface area contributed by atoms with E-state index in [-0.39, 0.29) is 29.6 Å². The first-order valence-electron chi connectivity index (χ1n) is 12.6. The highest BCUT2D eigenvalue weighted by molar-refractivity contribution is 5.83. The average molecular weight is 488 g/mol. The molecule has 0 spiro atoms. The Morgan fingerprint density at radius 2 is 1.78 bits per heavy atom. The Kier molecular flexibility index (Phi) is 8.97. The van der Waals surface area contributed by atoms with Crippen LogP contribution in [0.15, 0.2) is 59.7 Å². The molecule has 2 atom stereocenters. The van der Waals surface area contributed by atoms with Crippen molar-refractivity contribution in [2.45, 2.75) is 72.9 Å². The fraction of sp³-hybridized carbons (Fsp3) is 0.400. The van der Waals surface area contributed by atoms with Gasteiger partial charge in [-0.05, 0) is 73.9 Å². The van der Waals surface area contributed by atoms with Crippen molar-refractivity contribution in [1.82, 2.24) is 14.9 Å². The van der Waals surface area contributed by atoms with Crippen molar-refractivity contribution in [1.29, 1.82) is 0 Å². The van der Waals surface area contributed by atoms with Crippen molar-refractivity contribution in [3.63, 3.8) is 0 Å². The van der Waals surface area contributed by atoms with E-state index in [9.17, 15) is 14.4 Å². The Labute approximate surface area is 213 Å². The number of ketones is 1. The van der Waals surface area contributed by atoms with Gasteiger partial charge < -0.3 is 9.88 Å². The molecular weight excluding hydrogens is 450 g/mol. The van der Waals surface area contributed by atoms with Crippen molar-refractivity contribution >= 4 is 11.7 Å². The summed E-state index contributed by atoms with van der Waals surface area (Å²) in [6, 6.07) is 12.3. The lowest BCUT2D eigenvalue weighted by Gasteiger charge is -2.25. The predicted octanol–water partition coefficient (Wildman–Crippen LogP) is 5.51. The average Bonchev–Trinajstić information content (AvgIpc) is 2.82. The molecule has 2 heterocycles. The van der Waals surface area contributed by atoms with Gasteiger partial charge >= 0.3 is 0 Å². The Hall–Kier alpha value is -3.54. The Morgan fingerprint density at radius 3 is 2.39 bits per heavy atom. The second-order valence-electron chi connectivity index (χ2n) is 9.99. The SMILES string of the molecule is CCc1ncc([C@H](CC(C)=O)NC(=O)C(CC(C)C)n2ccc(C)cc2=O)cc1-c1ccccc1C. The van der Waals surface area contributed by atoms with E-state index in [1.54, 1.807) is 12.4 Å². The molecule has 0 fully saturated rings. The minimum atomic E-state index is -0.675. The van der Waals surface area contributed by atoms with Gasteiger partial charge in [0.15, 0.2) is 0 Å². The number of aryl methyl sites for hydroxylation is 3. The van der Waals surface area contributed by atoms with Gasteiger partial charge in [0.25, 0.3) is 5.56 Å². The summed E-state index contributed by atoms with van der Waals surface area (Å²) in [7, 11) is 0. The van der Waals surface area contributed by atoms with E-state index in [4.69, 9.17) is 4.98 Å². The van der Waals surface area contributed by atoms with Crippen LogP contribution in [0.2, 0.25) is 0 Å². The molecule has 0 saturated carbocycles. The molecule has 0 saturated heterocycles. The molecule has 1 amide bonds. The van der Waals surface area contributed by atoms with E-state index in [0.29, 0.717) is 6.42 Å². The summed E-state index contributed by atoms with van der Waals surface area (Å²) < 4.78 is 1.49. The van der Waals surface area contributed by atoms with Gasteiger partial charge in [-0.2, -0.15) is 0 Å². The second-order valence-corrected chi connectivity index (χ2v) is 9.99. The third kappa shape index (κ3) is 6.56. The topological polar surface area (TPSA) is 81.1 Å². The van der Waals surface area contributed by atoms with E-state index < -0.39 is 12.1 Å². The largest absolute Gasteiger partial charge is 0.347 e. The van der Waals surface area contributed by atoms with Crippen molar-refractivity contribution in [3.8, 4) is 11.1 Å². The number of Topliss-reactive ketones (excluding diaryl/α,β-unsaturated/α-hetero) is 1. The van der Waals surface area contributed by atoms with Gasteiger partial charge in [0.1, 0.15) is 11.8 Å². The summed E-state index contributed by atoms with van der Waals surface area (Å²) in [6.45, 7) is 11.5. The summed E-state index contributed by atoms with van der Waals surface area (Å²) in [5.74, 6) is -0.124. The van der Waals surface area contributed by atoms with Crippen molar-refractivity contribution in [2.24, 2.45) is 5.92 Å². The highest BCUT2D eigenvalue weighted by atomic mass is 16.2. The first-order chi connectivity index (χ1) is 17.1. The van der Waals surface area contributed by atoms with Crippen LogP contribution in [0.5, 0.6) is 0 Å². The Balaban J connectivity index is 2.02. The summed E-state index contributed by atoms with van der Waals surface area (Å²) in [5, 5.41) is 3.08. The number of carbonyl (C=O) groups excluding carboxylic acids is 2. The van der Waals surface area contributed by atoms with Crippen LogP contribution in [0.1, 0.15) is 75.0 Å². The summed E-state index contributed by atoms with van der Waals surface area (Å²) >= 11 is 0. The number of hydrogen-bond acceptors (Lipinski definition) is 4. The lowest BCUT2D eigenvalue weighted by molar-refractivity contribution is -0.126. The number of pyridine rings is 2. The zero-order chi connectivity index (χ0) is 26.4.